The third-order valence-corrected chi connectivity index (χ3v) is 8.49. The number of anilines is 1. The summed E-state index contributed by atoms with van der Waals surface area (Å²) in [5.41, 5.74) is 0.744. The maximum absolute atomic E-state index is 15.2. The summed E-state index contributed by atoms with van der Waals surface area (Å²) in [5.74, 6) is -2.61. The van der Waals surface area contributed by atoms with Gasteiger partial charge in [-0.1, -0.05) is 19.6 Å². The molecule has 43 heavy (non-hydrogen) atoms. The van der Waals surface area contributed by atoms with Gasteiger partial charge in [0.25, 0.3) is 0 Å². The molecule has 1 fully saturated rings. The van der Waals surface area contributed by atoms with E-state index in [4.69, 9.17) is 14.2 Å². The van der Waals surface area contributed by atoms with Crippen molar-refractivity contribution >= 4 is 30.8 Å². The average Bonchev–Trinajstić information content (AvgIpc) is 3.30. The van der Waals surface area contributed by atoms with Gasteiger partial charge in [-0.2, -0.15) is 10.2 Å². The number of urea groups is 1. The Balaban J connectivity index is 1.42. The highest BCUT2D eigenvalue weighted by Gasteiger charge is 2.39. The summed E-state index contributed by atoms with van der Waals surface area (Å²) in [5, 5.41) is 13.2. The van der Waals surface area contributed by atoms with Crippen LogP contribution < -0.4 is 15.4 Å². The molecule has 228 valence electrons. The number of pyridine rings is 1. The van der Waals surface area contributed by atoms with Crippen LogP contribution in [0.2, 0.25) is 25.7 Å². The van der Waals surface area contributed by atoms with Crippen LogP contribution in [0.15, 0.2) is 42.9 Å². The van der Waals surface area contributed by atoms with Crippen molar-refractivity contribution in [1.29, 1.82) is 0 Å². The van der Waals surface area contributed by atoms with Gasteiger partial charge in [-0.15, -0.1) is 0 Å². The standard InChI is InChI=1S/C29H33F3N6O4Si/c1-18-9-19(12-35-37-18)21-13-38(17-40-7-8-43(2,3)4)27-25(21)24(5-6-33-27)42-26-22(30)10-20(11-23(26)31)36-28(39)34-14-29(32)15-41-16-29/h5-6,9-13H,7-8,14-17H2,1-4H3,(H2,34,36,39). The average molecular weight is 615 g/mol. The third kappa shape index (κ3) is 7.32. The first kappa shape index (κ1) is 30.4. The quantitative estimate of drug-likeness (QED) is 0.156. The summed E-state index contributed by atoms with van der Waals surface area (Å²) in [7, 11) is -1.29. The Labute approximate surface area is 247 Å². The number of alkyl halides is 1. The molecule has 0 aliphatic carbocycles. The summed E-state index contributed by atoms with van der Waals surface area (Å²) in [6.07, 6.45) is 4.91. The zero-order chi connectivity index (χ0) is 30.8. The Morgan fingerprint density at radius 1 is 1.19 bits per heavy atom. The molecule has 14 heteroatoms. The maximum Gasteiger partial charge on any atom is 0.319 e. The number of rotatable bonds is 11. The molecule has 0 radical (unpaired) electrons. The van der Waals surface area contributed by atoms with Crippen LogP contribution in [0, 0.1) is 18.6 Å². The molecule has 5 rings (SSSR count). The highest BCUT2D eigenvalue weighted by atomic mass is 28.3. The van der Waals surface area contributed by atoms with Crippen LogP contribution in [-0.4, -0.2) is 65.9 Å². The molecule has 4 heterocycles. The number of carbonyl (C=O) groups is 1. The summed E-state index contributed by atoms with van der Waals surface area (Å²) in [4.78, 5) is 16.7. The van der Waals surface area contributed by atoms with E-state index in [1.165, 1.54) is 12.3 Å². The Bertz CT molecular complexity index is 1620. The lowest BCUT2D eigenvalue weighted by molar-refractivity contribution is -0.125. The molecule has 4 aromatic rings. The summed E-state index contributed by atoms with van der Waals surface area (Å²) < 4.78 is 62.9. The van der Waals surface area contributed by atoms with Crippen LogP contribution in [0.1, 0.15) is 5.69 Å². The second kappa shape index (κ2) is 12.3. The van der Waals surface area contributed by atoms with E-state index in [9.17, 15) is 9.18 Å². The van der Waals surface area contributed by atoms with Gasteiger partial charge in [-0.05, 0) is 25.1 Å². The van der Waals surface area contributed by atoms with Gasteiger partial charge in [0.05, 0.1) is 37.0 Å². The van der Waals surface area contributed by atoms with Crippen molar-refractivity contribution in [2.75, 3.05) is 31.7 Å². The third-order valence-electron chi connectivity index (χ3n) is 6.79. The summed E-state index contributed by atoms with van der Waals surface area (Å²) >= 11 is 0. The minimum atomic E-state index is -1.65. The van der Waals surface area contributed by atoms with Crippen molar-refractivity contribution < 1.29 is 32.2 Å². The highest BCUT2D eigenvalue weighted by Crippen LogP contribution is 2.39. The minimum absolute atomic E-state index is 0.126. The molecule has 1 aliphatic rings. The molecule has 3 aromatic heterocycles. The van der Waals surface area contributed by atoms with Crippen molar-refractivity contribution in [2.45, 2.75) is 45.0 Å². The fraction of sp³-hybridized carbons (Fsp3) is 0.379. The topological polar surface area (TPSA) is 112 Å². The van der Waals surface area contributed by atoms with Crippen molar-refractivity contribution in [3.63, 3.8) is 0 Å². The van der Waals surface area contributed by atoms with Gasteiger partial charge in [0.15, 0.2) is 23.1 Å². The number of nitrogens with one attached hydrogen (secondary N) is 2. The molecule has 1 aliphatic heterocycles. The number of amides is 2. The van der Waals surface area contributed by atoms with Crippen molar-refractivity contribution in [1.82, 2.24) is 25.1 Å². The van der Waals surface area contributed by atoms with E-state index in [0.717, 1.165) is 18.2 Å². The molecule has 2 amide bonds. The first-order chi connectivity index (χ1) is 20.4. The number of hydrogen-bond acceptors (Lipinski definition) is 7. The Morgan fingerprint density at radius 2 is 1.93 bits per heavy atom. The van der Waals surface area contributed by atoms with Crippen molar-refractivity contribution in [2.24, 2.45) is 0 Å². The van der Waals surface area contributed by atoms with Crippen molar-refractivity contribution in [3.8, 4) is 22.6 Å². The lowest BCUT2D eigenvalue weighted by Crippen LogP contribution is -2.54. The molecule has 2 N–H and O–H groups in total. The molecule has 0 atom stereocenters. The number of carbonyl (C=O) groups excluding carboxylic acids is 1. The minimum Gasteiger partial charge on any atom is -0.450 e. The largest absolute Gasteiger partial charge is 0.450 e. The molecule has 10 nitrogen and oxygen atoms in total. The second-order valence-electron chi connectivity index (χ2n) is 11.8. The van der Waals surface area contributed by atoms with E-state index < -0.39 is 37.2 Å². The number of fused-ring (bicyclic) bond motifs is 1. The lowest BCUT2D eigenvalue weighted by Gasteiger charge is -2.33. The SMILES string of the molecule is Cc1cc(-c2cn(COCC[Si](C)(C)C)c3nccc(Oc4c(F)cc(NC(=O)NCC5(F)COC5)cc4F)c23)cnn1. The smallest absolute Gasteiger partial charge is 0.319 e. The fourth-order valence-electron chi connectivity index (χ4n) is 4.43. The van der Waals surface area contributed by atoms with E-state index in [1.54, 1.807) is 6.20 Å². The highest BCUT2D eigenvalue weighted by molar-refractivity contribution is 6.76. The van der Waals surface area contributed by atoms with Gasteiger partial charge in [0, 0.05) is 56.0 Å². The molecule has 0 unspecified atom stereocenters. The lowest BCUT2D eigenvalue weighted by atomic mass is 10.1. The van der Waals surface area contributed by atoms with Gasteiger partial charge in [-0.3, -0.25) is 0 Å². The Hall–Kier alpha value is -4.01. The molecule has 0 bridgehead atoms. The van der Waals surface area contributed by atoms with E-state index >= 15 is 8.78 Å². The van der Waals surface area contributed by atoms with E-state index in [0.29, 0.717) is 34.5 Å². The predicted octanol–water partition coefficient (Wildman–Crippen LogP) is 6.04. The number of benzene rings is 1. The first-order valence-corrected chi connectivity index (χ1v) is 17.5. The van der Waals surface area contributed by atoms with Crippen molar-refractivity contribution in [3.05, 3.63) is 60.2 Å². The number of nitrogens with zero attached hydrogens (tertiary/aromatic N) is 4. The molecular formula is C29H33F3N6O4Si. The Morgan fingerprint density at radius 3 is 2.58 bits per heavy atom. The zero-order valence-corrected chi connectivity index (χ0v) is 25.3. The fourth-order valence-corrected chi connectivity index (χ4v) is 5.19. The van der Waals surface area contributed by atoms with Gasteiger partial charge in [0.2, 0.25) is 0 Å². The van der Waals surface area contributed by atoms with Gasteiger partial charge in [0.1, 0.15) is 18.1 Å². The number of hydrogen-bond donors (Lipinski definition) is 2. The van der Waals surface area contributed by atoms with E-state index in [-0.39, 0.29) is 37.9 Å². The monoisotopic (exact) mass is 614 g/mol. The normalized spacial score (nSPS) is 14.4. The van der Waals surface area contributed by atoms with Crippen LogP contribution >= 0.6 is 0 Å². The maximum atomic E-state index is 15.2. The molecule has 0 saturated carbocycles. The Kier molecular flexibility index (Phi) is 8.71. The van der Waals surface area contributed by atoms with Crippen LogP contribution in [0.25, 0.3) is 22.2 Å². The summed E-state index contributed by atoms with van der Waals surface area (Å²) in [6, 6.07) is 5.37. The van der Waals surface area contributed by atoms with Crippen LogP contribution in [0.3, 0.4) is 0 Å². The summed E-state index contributed by atoms with van der Waals surface area (Å²) in [6.45, 7) is 8.88. The molecular weight excluding hydrogens is 581 g/mol. The van der Waals surface area contributed by atoms with E-state index in [1.807, 2.05) is 23.8 Å². The van der Waals surface area contributed by atoms with E-state index in [2.05, 4.69) is 45.5 Å². The second-order valence-corrected chi connectivity index (χ2v) is 17.4. The van der Waals surface area contributed by atoms with Crippen LogP contribution in [0.5, 0.6) is 11.5 Å². The van der Waals surface area contributed by atoms with Crippen LogP contribution in [-0.2, 0) is 16.2 Å². The first-order valence-electron chi connectivity index (χ1n) is 13.7. The zero-order valence-electron chi connectivity index (χ0n) is 24.3. The van der Waals surface area contributed by atoms with Crippen LogP contribution in [0.4, 0.5) is 23.7 Å². The number of halogens is 3. The van der Waals surface area contributed by atoms with Gasteiger partial charge >= 0.3 is 6.03 Å². The molecule has 1 aromatic carbocycles. The number of aromatic nitrogens is 4. The number of ether oxygens (including phenoxy) is 3. The van der Waals surface area contributed by atoms with Gasteiger partial charge in [-0.25, -0.2) is 22.9 Å². The van der Waals surface area contributed by atoms with Gasteiger partial charge < -0.3 is 29.4 Å². The predicted molar refractivity (Wildman–Crippen MR) is 158 cm³/mol. The molecule has 0 spiro atoms. The number of aryl methyl sites for hydroxylation is 1. The molecule has 1 saturated heterocycles.